The number of urea groups is 1. The van der Waals surface area contributed by atoms with Gasteiger partial charge in [0.25, 0.3) is 0 Å². The highest BCUT2D eigenvalue weighted by Crippen LogP contribution is 2.33. The number of benzene rings is 1. The molecule has 1 aliphatic carbocycles. The summed E-state index contributed by atoms with van der Waals surface area (Å²) in [6, 6.07) is 3.90. The minimum Gasteiger partial charge on any atom is -0.486 e. The number of nitrogens with zero attached hydrogens (tertiary/aromatic N) is 1. The lowest BCUT2D eigenvalue weighted by Crippen LogP contribution is -2.69. The van der Waals surface area contributed by atoms with Crippen molar-refractivity contribution in [2.45, 2.75) is 57.2 Å². The molecule has 0 spiro atoms. The van der Waals surface area contributed by atoms with E-state index in [1.807, 2.05) is 6.92 Å². The van der Waals surface area contributed by atoms with Crippen LogP contribution in [-0.4, -0.2) is 60.6 Å². The van der Waals surface area contributed by atoms with Gasteiger partial charge in [-0.2, -0.15) is 0 Å². The quantitative estimate of drug-likeness (QED) is 0.691. The molecule has 4 rings (SSSR count). The molecule has 1 aromatic rings. The zero-order valence-electron chi connectivity index (χ0n) is 17.1. The monoisotopic (exact) mass is 416 g/mol. The summed E-state index contributed by atoms with van der Waals surface area (Å²) in [7, 11) is 0. The van der Waals surface area contributed by atoms with Crippen LogP contribution in [0.5, 0.6) is 11.5 Å². The number of nitrogens with one attached hydrogen (secondary N) is 3. The zero-order valence-corrected chi connectivity index (χ0v) is 17.1. The zero-order chi connectivity index (χ0) is 21.1. The Balaban J connectivity index is 1.48. The Hall–Kier alpha value is -2.97. The molecule has 0 radical (unpaired) electrons. The molecule has 162 valence electrons. The molecule has 0 bridgehead atoms. The summed E-state index contributed by atoms with van der Waals surface area (Å²) in [6.07, 6.45) is 3.59. The molecule has 0 aromatic heterocycles. The lowest BCUT2D eigenvalue weighted by molar-refractivity contribution is -0.135. The van der Waals surface area contributed by atoms with Crippen LogP contribution >= 0.6 is 0 Å². The number of piperazine rings is 1. The van der Waals surface area contributed by atoms with Crippen LogP contribution in [0, 0.1) is 0 Å². The number of fused-ring (bicyclic) bond motifs is 2. The maximum Gasteiger partial charge on any atom is 0.318 e. The van der Waals surface area contributed by atoms with Crippen LogP contribution < -0.4 is 25.4 Å². The van der Waals surface area contributed by atoms with Gasteiger partial charge in [-0.3, -0.25) is 9.59 Å². The number of hydrogen-bond donors (Lipinski definition) is 3. The molecule has 2 fully saturated rings. The second-order valence-electron chi connectivity index (χ2n) is 7.84. The standard InChI is InChI=1S/C21H28N4O5/c1-2-22-21(28)25-15-6-4-3-5-14(15)24-20(27)16(25)12-19(26)23-13-7-8-17-18(11-13)30-10-9-29-17/h7-8,11,14-16H,2-6,9-10,12H2,1H3,(H,22,28)(H,23,26)(H,24,27)/t14-,15-,16-/m0/s1. The molecule has 2 heterocycles. The van der Waals surface area contributed by atoms with E-state index in [0.717, 1.165) is 25.7 Å². The maximum absolute atomic E-state index is 12.8. The van der Waals surface area contributed by atoms with Crippen molar-refractivity contribution in [1.82, 2.24) is 15.5 Å². The van der Waals surface area contributed by atoms with Crippen molar-refractivity contribution < 1.29 is 23.9 Å². The van der Waals surface area contributed by atoms with Crippen LogP contribution in [0.15, 0.2) is 18.2 Å². The molecule has 1 saturated carbocycles. The molecule has 9 nitrogen and oxygen atoms in total. The average molecular weight is 416 g/mol. The highest BCUT2D eigenvalue weighted by molar-refractivity contribution is 5.97. The Morgan fingerprint density at radius 2 is 1.93 bits per heavy atom. The Labute approximate surface area is 175 Å². The van der Waals surface area contributed by atoms with Crippen molar-refractivity contribution in [2.24, 2.45) is 0 Å². The summed E-state index contributed by atoms with van der Waals surface area (Å²) in [4.78, 5) is 39.9. The van der Waals surface area contributed by atoms with Crippen molar-refractivity contribution in [3.63, 3.8) is 0 Å². The first-order valence-electron chi connectivity index (χ1n) is 10.6. The smallest absolute Gasteiger partial charge is 0.318 e. The van der Waals surface area contributed by atoms with Crippen LogP contribution in [0.2, 0.25) is 0 Å². The first-order valence-corrected chi connectivity index (χ1v) is 10.6. The lowest BCUT2D eigenvalue weighted by Gasteiger charge is -2.47. The molecule has 1 aromatic carbocycles. The minimum absolute atomic E-state index is 0.0500. The van der Waals surface area contributed by atoms with Gasteiger partial charge < -0.3 is 30.3 Å². The Morgan fingerprint density at radius 3 is 2.73 bits per heavy atom. The predicted octanol–water partition coefficient (Wildman–Crippen LogP) is 1.63. The molecule has 4 amide bonds. The predicted molar refractivity (Wildman–Crippen MR) is 110 cm³/mol. The molecule has 0 unspecified atom stereocenters. The summed E-state index contributed by atoms with van der Waals surface area (Å²) in [5.41, 5.74) is 0.556. The number of rotatable bonds is 4. The number of amides is 4. The van der Waals surface area contributed by atoms with Gasteiger partial charge in [-0.1, -0.05) is 12.8 Å². The van der Waals surface area contributed by atoms with E-state index >= 15 is 0 Å². The molecule has 1 saturated heterocycles. The van der Waals surface area contributed by atoms with E-state index in [2.05, 4.69) is 16.0 Å². The SMILES string of the molecule is CCNC(=O)N1[C@@H](CC(=O)Nc2ccc3c(c2)OCCO3)C(=O)N[C@H]2CCCC[C@@H]21. The first-order chi connectivity index (χ1) is 14.6. The Kier molecular flexibility index (Phi) is 5.96. The van der Waals surface area contributed by atoms with Gasteiger partial charge in [0.15, 0.2) is 11.5 Å². The second-order valence-corrected chi connectivity index (χ2v) is 7.84. The van der Waals surface area contributed by atoms with Crippen LogP contribution in [0.1, 0.15) is 39.0 Å². The van der Waals surface area contributed by atoms with Gasteiger partial charge >= 0.3 is 6.03 Å². The van der Waals surface area contributed by atoms with E-state index in [-0.39, 0.29) is 36.3 Å². The molecular weight excluding hydrogens is 388 g/mol. The van der Waals surface area contributed by atoms with Gasteiger partial charge in [0, 0.05) is 24.3 Å². The van der Waals surface area contributed by atoms with Gasteiger partial charge in [-0.15, -0.1) is 0 Å². The van der Waals surface area contributed by atoms with E-state index in [0.29, 0.717) is 36.9 Å². The molecule has 2 aliphatic heterocycles. The van der Waals surface area contributed by atoms with Gasteiger partial charge in [-0.05, 0) is 31.9 Å². The average Bonchev–Trinajstić information content (AvgIpc) is 2.74. The number of hydrogen-bond acceptors (Lipinski definition) is 5. The van der Waals surface area contributed by atoms with E-state index in [1.54, 1.807) is 23.1 Å². The molecular formula is C21H28N4O5. The van der Waals surface area contributed by atoms with Crippen molar-refractivity contribution in [1.29, 1.82) is 0 Å². The second kappa shape index (κ2) is 8.81. The topological polar surface area (TPSA) is 109 Å². The molecule has 3 atom stereocenters. The maximum atomic E-state index is 12.8. The van der Waals surface area contributed by atoms with Crippen molar-refractivity contribution in [2.75, 3.05) is 25.1 Å². The van der Waals surface area contributed by atoms with E-state index in [9.17, 15) is 14.4 Å². The number of carbonyl (C=O) groups excluding carboxylic acids is 3. The van der Waals surface area contributed by atoms with Gasteiger partial charge in [0.2, 0.25) is 11.8 Å². The molecule has 3 N–H and O–H groups in total. The first kappa shape index (κ1) is 20.3. The summed E-state index contributed by atoms with van der Waals surface area (Å²) in [5.74, 6) is 0.595. The fraction of sp³-hybridized carbons (Fsp3) is 0.571. The summed E-state index contributed by atoms with van der Waals surface area (Å²) in [6.45, 7) is 3.25. The third-order valence-electron chi connectivity index (χ3n) is 5.82. The van der Waals surface area contributed by atoms with Crippen LogP contribution in [0.3, 0.4) is 0 Å². The number of ether oxygens (including phenoxy) is 2. The minimum atomic E-state index is -0.840. The Bertz CT molecular complexity index is 830. The van der Waals surface area contributed by atoms with Crippen molar-refractivity contribution >= 4 is 23.5 Å². The summed E-state index contributed by atoms with van der Waals surface area (Å²) in [5, 5.41) is 8.64. The third kappa shape index (κ3) is 4.15. The number of anilines is 1. The molecule has 30 heavy (non-hydrogen) atoms. The van der Waals surface area contributed by atoms with E-state index in [4.69, 9.17) is 9.47 Å². The molecule has 3 aliphatic rings. The van der Waals surface area contributed by atoms with Crippen molar-refractivity contribution in [3.8, 4) is 11.5 Å². The highest BCUT2D eigenvalue weighted by atomic mass is 16.6. The van der Waals surface area contributed by atoms with E-state index < -0.39 is 6.04 Å². The van der Waals surface area contributed by atoms with Gasteiger partial charge in [-0.25, -0.2) is 4.79 Å². The fourth-order valence-electron chi connectivity index (χ4n) is 4.48. The van der Waals surface area contributed by atoms with Gasteiger partial charge in [0.1, 0.15) is 19.3 Å². The van der Waals surface area contributed by atoms with Crippen LogP contribution in [-0.2, 0) is 9.59 Å². The normalized spacial score (nSPS) is 25.0. The summed E-state index contributed by atoms with van der Waals surface area (Å²) < 4.78 is 11.0. The largest absolute Gasteiger partial charge is 0.486 e. The van der Waals surface area contributed by atoms with Gasteiger partial charge in [0.05, 0.1) is 12.5 Å². The fourth-order valence-corrected chi connectivity index (χ4v) is 4.48. The van der Waals surface area contributed by atoms with Crippen LogP contribution in [0.4, 0.5) is 10.5 Å². The molecule has 9 heteroatoms. The van der Waals surface area contributed by atoms with Crippen LogP contribution in [0.25, 0.3) is 0 Å². The third-order valence-corrected chi connectivity index (χ3v) is 5.82. The highest BCUT2D eigenvalue weighted by Gasteiger charge is 2.45. The number of carbonyl (C=O) groups is 3. The Morgan fingerprint density at radius 1 is 1.17 bits per heavy atom. The summed E-state index contributed by atoms with van der Waals surface area (Å²) >= 11 is 0. The van der Waals surface area contributed by atoms with E-state index in [1.165, 1.54) is 0 Å². The lowest BCUT2D eigenvalue weighted by atomic mass is 9.85. The van der Waals surface area contributed by atoms with Crippen molar-refractivity contribution in [3.05, 3.63) is 18.2 Å².